The normalized spacial score (nSPS) is 11.5. The first-order chi connectivity index (χ1) is 13.9. The molecule has 28 heavy (non-hydrogen) atoms. The summed E-state index contributed by atoms with van der Waals surface area (Å²) in [5.41, 5.74) is 2.64. The molecule has 0 aliphatic rings. The van der Waals surface area contributed by atoms with Crippen molar-refractivity contribution in [2.75, 3.05) is 5.88 Å². The highest BCUT2D eigenvalue weighted by molar-refractivity contribution is 6.17. The highest BCUT2D eigenvalue weighted by Gasteiger charge is 2.41. The van der Waals surface area contributed by atoms with E-state index in [2.05, 4.69) is 88.3 Å². The first kappa shape index (κ1) is 18.4. The van der Waals surface area contributed by atoms with Crippen molar-refractivity contribution in [2.45, 2.75) is 18.4 Å². The minimum Gasteiger partial charge on any atom is -0.210 e. The highest BCUT2D eigenvalue weighted by Crippen LogP contribution is 2.40. The molecule has 0 atom stereocenters. The van der Waals surface area contributed by atoms with E-state index in [4.69, 9.17) is 11.6 Å². The number of alkyl halides is 1. The number of nitrogens with zero attached hydrogens (tertiary/aromatic N) is 4. The molecule has 0 spiro atoms. The van der Waals surface area contributed by atoms with Crippen LogP contribution in [-0.4, -0.2) is 26.1 Å². The predicted octanol–water partition coefficient (Wildman–Crippen LogP) is 4.68. The van der Waals surface area contributed by atoms with Gasteiger partial charge < -0.3 is 0 Å². The second-order valence-electron chi connectivity index (χ2n) is 6.61. The zero-order valence-electron chi connectivity index (χ0n) is 15.4. The lowest BCUT2D eigenvalue weighted by molar-refractivity contribution is 0.429. The molecule has 140 valence electrons. The third-order valence-electron chi connectivity index (χ3n) is 4.96. The zero-order chi connectivity index (χ0) is 19.2. The molecular weight excluding hydrogens is 368 g/mol. The van der Waals surface area contributed by atoms with Crippen LogP contribution in [0.5, 0.6) is 0 Å². The summed E-state index contributed by atoms with van der Waals surface area (Å²) in [6, 6.07) is 31.2. The van der Waals surface area contributed by atoms with Crippen molar-refractivity contribution in [2.24, 2.45) is 0 Å². The summed E-state index contributed by atoms with van der Waals surface area (Å²) in [6.07, 6.45) is 1.53. The summed E-state index contributed by atoms with van der Waals surface area (Å²) in [5.74, 6) is 1.39. The Hall–Kier alpha value is -2.98. The molecule has 4 aromatic rings. The van der Waals surface area contributed by atoms with Crippen LogP contribution in [0.1, 0.15) is 28.9 Å². The van der Waals surface area contributed by atoms with Gasteiger partial charge in [-0.2, -0.15) is 0 Å². The van der Waals surface area contributed by atoms with E-state index in [1.54, 1.807) is 0 Å². The molecule has 0 aliphatic heterocycles. The molecule has 3 aromatic carbocycles. The van der Waals surface area contributed by atoms with E-state index in [1.165, 1.54) is 0 Å². The Kier molecular flexibility index (Phi) is 5.49. The maximum Gasteiger partial charge on any atom is 0.153 e. The fourth-order valence-electron chi connectivity index (χ4n) is 3.75. The van der Waals surface area contributed by atoms with Crippen molar-refractivity contribution in [3.63, 3.8) is 0 Å². The molecule has 0 aliphatic carbocycles. The minimum atomic E-state index is -0.672. The molecule has 0 unspecified atom stereocenters. The predicted molar refractivity (Wildman–Crippen MR) is 111 cm³/mol. The van der Waals surface area contributed by atoms with Crippen LogP contribution in [0, 0.1) is 0 Å². The van der Waals surface area contributed by atoms with Gasteiger partial charge in [0.25, 0.3) is 0 Å². The van der Waals surface area contributed by atoms with E-state index in [-0.39, 0.29) is 0 Å². The maximum absolute atomic E-state index is 5.96. The Morgan fingerprint density at radius 2 is 1.18 bits per heavy atom. The first-order valence-electron chi connectivity index (χ1n) is 9.37. The van der Waals surface area contributed by atoms with Gasteiger partial charge in [0.05, 0.1) is 0 Å². The molecule has 0 radical (unpaired) electrons. The number of aromatic nitrogens is 4. The van der Waals surface area contributed by atoms with Crippen LogP contribution in [0.15, 0.2) is 91.0 Å². The summed E-state index contributed by atoms with van der Waals surface area (Å²) in [6.45, 7) is 0. The lowest BCUT2D eigenvalue weighted by atomic mass is 9.77. The summed E-state index contributed by atoms with van der Waals surface area (Å²) in [5, 5.41) is 12.9. The van der Waals surface area contributed by atoms with Crippen LogP contribution in [-0.2, 0) is 12.0 Å². The Morgan fingerprint density at radius 3 is 1.61 bits per heavy atom. The number of benzene rings is 3. The van der Waals surface area contributed by atoms with Gasteiger partial charge >= 0.3 is 0 Å². The number of tetrazole rings is 1. The van der Waals surface area contributed by atoms with Gasteiger partial charge in [-0.25, -0.2) is 4.68 Å². The fraction of sp³-hybridized carbons (Fsp3) is 0.174. The Morgan fingerprint density at radius 1 is 0.714 bits per heavy atom. The standard InChI is InChI=1S/C23H21ClN4/c24-18-10-17-22-25-26-27-28(22)23(19-11-4-1-5-12-19,20-13-6-2-7-14-20)21-15-8-3-9-16-21/h1-9,11-16H,10,17-18H2. The van der Waals surface area contributed by atoms with E-state index in [1.807, 2.05) is 22.9 Å². The Bertz CT molecular complexity index is 904. The van der Waals surface area contributed by atoms with E-state index >= 15 is 0 Å². The van der Waals surface area contributed by atoms with Crippen molar-refractivity contribution in [1.82, 2.24) is 20.2 Å². The molecule has 4 nitrogen and oxygen atoms in total. The van der Waals surface area contributed by atoms with Crippen LogP contribution >= 0.6 is 11.6 Å². The number of hydrogen-bond acceptors (Lipinski definition) is 3. The van der Waals surface area contributed by atoms with Gasteiger partial charge in [-0.05, 0) is 33.5 Å². The minimum absolute atomic E-state index is 0.571. The van der Waals surface area contributed by atoms with Crippen LogP contribution in [0.4, 0.5) is 0 Å². The third kappa shape index (κ3) is 3.20. The van der Waals surface area contributed by atoms with Crippen molar-refractivity contribution < 1.29 is 0 Å². The second kappa shape index (κ2) is 8.36. The lowest BCUT2D eigenvalue weighted by Gasteiger charge is -2.36. The Labute approximate surface area is 169 Å². The van der Waals surface area contributed by atoms with Crippen LogP contribution in [0.3, 0.4) is 0 Å². The maximum atomic E-state index is 5.96. The first-order valence-corrected chi connectivity index (χ1v) is 9.91. The van der Waals surface area contributed by atoms with Gasteiger partial charge in [-0.15, -0.1) is 16.7 Å². The molecule has 0 N–H and O–H groups in total. The molecule has 0 saturated heterocycles. The SMILES string of the molecule is ClCCCc1nnnn1C(c1ccccc1)(c1ccccc1)c1ccccc1. The second-order valence-corrected chi connectivity index (χ2v) is 6.99. The largest absolute Gasteiger partial charge is 0.210 e. The molecule has 0 saturated carbocycles. The lowest BCUT2D eigenvalue weighted by Crippen LogP contribution is -2.40. The fourth-order valence-corrected chi connectivity index (χ4v) is 3.89. The van der Waals surface area contributed by atoms with Crippen LogP contribution in [0.25, 0.3) is 0 Å². The van der Waals surface area contributed by atoms with E-state index in [9.17, 15) is 0 Å². The molecule has 4 rings (SSSR count). The number of hydrogen-bond donors (Lipinski definition) is 0. The molecular formula is C23H21ClN4. The summed E-state index contributed by atoms with van der Waals surface area (Å²) in [7, 11) is 0. The van der Waals surface area contributed by atoms with Gasteiger partial charge in [0.1, 0.15) is 5.54 Å². The Balaban J connectivity index is 2.07. The molecule has 0 bridgehead atoms. The summed E-state index contributed by atoms with van der Waals surface area (Å²) >= 11 is 5.96. The molecule has 5 heteroatoms. The summed E-state index contributed by atoms with van der Waals surface area (Å²) < 4.78 is 1.96. The molecule has 1 aromatic heterocycles. The smallest absolute Gasteiger partial charge is 0.153 e. The van der Waals surface area contributed by atoms with Gasteiger partial charge in [-0.1, -0.05) is 91.0 Å². The quantitative estimate of drug-likeness (QED) is 0.341. The molecule has 1 heterocycles. The zero-order valence-corrected chi connectivity index (χ0v) is 16.2. The van der Waals surface area contributed by atoms with Crippen molar-refractivity contribution in [3.8, 4) is 0 Å². The highest BCUT2D eigenvalue weighted by atomic mass is 35.5. The van der Waals surface area contributed by atoms with Gasteiger partial charge in [0, 0.05) is 12.3 Å². The van der Waals surface area contributed by atoms with E-state index in [0.717, 1.165) is 28.9 Å². The van der Waals surface area contributed by atoms with Crippen LogP contribution < -0.4 is 0 Å². The van der Waals surface area contributed by atoms with Gasteiger partial charge in [0.15, 0.2) is 5.82 Å². The third-order valence-corrected chi connectivity index (χ3v) is 5.23. The number of aryl methyl sites for hydroxylation is 1. The van der Waals surface area contributed by atoms with Gasteiger partial charge in [-0.3, -0.25) is 0 Å². The van der Waals surface area contributed by atoms with Crippen molar-refractivity contribution >= 4 is 11.6 Å². The monoisotopic (exact) mass is 388 g/mol. The topological polar surface area (TPSA) is 43.6 Å². The van der Waals surface area contributed by atoms with Crippen molar-refractivity contribution in [3.05, 3.63) is 114 Å². The number of rotatable bonds is 7. The molecule has 0 amide bonds. The summed E-state index contributed by atoms with van der Waals surface area (Å²) in [4.78, 5) is 0. The average molecular weight is 389 g/mol. The van der Waals surface area contributed by atoms with Crippen molar-refractivity contribution in [1.29, 1.82) is 0 Å². The number of halogens is 1. The molecule has 0 fully saturated rings. The van der Waals surface area contributed by atoms with E-state index < -0.39 is 5.54 Å². The average Bonchev–Trinajstić information content (AvgIpc) is 3.24. The van der Waals surface area contributed by atoms with Crippen LogP contribution in [0.2, 0.25) is 0 Å². The van der Waals surface area contributed by atoms with E-state index in [0.29, 0.717) is 12.3 Å². The van der Waals surface area contributed by atoms with Gasteiger partial charge in [0.2, 0.25) is 0 Å².